The first kappa shape index (κ1) is 14.1. The van der Waals surface area contributed by atoms with Gasteiger partial charge >= 0.3 is 0 Å². The molecule has 0 amide bonds. The Morgan fingerprint density at radius 2 is 2.24 bits per heavy atom. The lowest BCUT2D eigenvalue weighted by Crippen LogP contribution is -2.06. The van der Waals surface area contributed by atoms with E-state index in [1.54, 1.807) is 6.20 Å². The molecule has 0 bridgehead atoms. The molecule has 110 valence electrons. The Hall–Kier alpha value is -1.82. The van der Waals surface area contributed by atoms with E-state index in [2.05, 4.69) is 48.7 Å². The molecule has 0 atom stereocenters. The van der Waals surface area contributed by atoms with Gasteiger partial charge in [0.2, 0.25) is 5.95 Å². The molecule has 1 aromatic carbocycles. The van der Waals surface area contributed by atoms with Gasteiger partial charge in [0, 0.05) is 35.7 Å². The average Bonchev–Trinajstić information content (AvgIpc) is 2.93. The second-order valence-corrected chi connectivity index (χ2v) is 5.72. The standard InChI is InChI=1S/C15H17BrN4O/c1-2-17-15-18-5-3-13(20-15)19-9-11-8-12(16)7-10-4-6-21-14(10)11/h3,5,7-8H,2,4,6,9H2,1H3,(H2,17,18,19,20). The Labute approximate surface area is 132 Å². The van der Waals surface area contributed by atoms with Gasteiger partial charge in [-0.05, 0) is 30.7 Å². The highest BCUT2D eigenvalue weighted by atomic mass is 79.9. The Balaban J connectivity index is 1.75. The van der Waals surface area contributed by atoms with Crippen LogP contribution in [0.2, 0.25) is 0 Å². The number of halogens is 1. The van der Waals surface area contributed by atoms with Crippen molar-refractivity contribution in [2.45, 2.75) is 19.9 Å². The van der Waals surface area contributed by atoms with Gasteiger partial charge in [0.15, 0.2) is 0 Å². The number of hydrogen-bond donors (Lipinski definition) is 2. The highest BCUT2D eigenvalue weighted by Crippen LogP contribution is 2.33. The van der Waals surface area contributed by atoms with Crippen molar-refractivity contribution < 1.29 is 4.74 Å². The SMILES string of the molecule is CCNc1nccc(NCc2cc(Br)cc3c2OCC3)n1. The number of anilines is 2. The molecule has 21 heavy (non-hydrogen) atoms. The third-order valence-corrected chi connectivity index (χ3v) is 3.73. The molecule has 2 heterocycles. The minimum atomic E-state index is 0.637. The van der Waals surface area contributed by atoms with Crippen LogP contribution in [0.4, 0.5) is 11.8 Å². The Kier molecular flexibility index (Phi) is 4.24. The van der Waals surface area contributed by atoms with Crippen LogP contribution in [-0.2, 0) is 13.0 Å². The number of benzene rings is 1. The average molecular weight is 349 g/mol. The monoisotopic (exact) mass is 348 g/mol. The molecule has 2 N–H and O–H groups in total. The fourth-order valence-electron chi connectivity index (χ4n) is 2.36. The number of fused-ring (bicyclic) bond motifs is 1. The van der Waals surface area contributed by atoms with Crippen molar-refractivity contribution in [3.8, 4) is 5.75 Å². The van der Waals surface area contributed by atoms with Crippen LogP contribution in [0.1, 0.15) is 18.1 Å². The number of nitrogens with one attached hydrogen (secondary N) is 2. The molecular weight excluding hydrogens is 332 g/mol. The largest absolute Gasteiger partial charge is 0.493 e. The van der Waals surface area contributed by atoms with Crippen LogP contribution < -0.4 is 15.4 Å². The van der Waals surface area contributed by atoms with E-state index < -0.39 is 0 Å². The summed E-state index contributed by atoms with van der Waals surface area (Å²) in [5, 5.41) is 6.43. The molecule has 0 aliphatic carbocycles. The number of hydrogen-bond acceptors (Lipinski definition) is 5. The van der Waals surface area contributed by atoms with E-state index in [0.717, 1.165) is 41.2 Å². The highest BCUT2D eigenvalue weighted by molar-refractivity contribution is 9.10. The fourth-order valence-corrected chi connectivity index (χ4v) is 2.92. The van der Waals surface area contributed by atoms with E-state index in [9.17, 15) is 0 Å². The normalized spacial score (nSPS) is 12.7. The van der Waals surface area contributed by atoms with Gasteiger partial charge in [-0.15, -0.1) is 0 Å². The summed E-state index contributed by atoms with van der Waals surface area (Å²) in [7, 11) is 0. The zero-order chi connectivity index (χ0) is 14.7. The van der Waals surface area contributed by atoms with Crippen molar-refractivity contribution in [3.63, 3.8) is 0 Å². The summed E-state index contributed by atoms with van der Waals surface area (Å²) in [6, 6.07) is 6.07. The van der Waals surface area contributed by atoms with Gasteiger partial charge < -0.3 is 15.4 Å². The maximum Gasteiger partial charge on any atom is 0.224 e. The van der Waals surface area contributed by atoms with E-state index in [0.29, 0.717) is 12.5 Å². The smallest absolute Gasteiger partial charge is 0.224 e. The second kappa shape index (κ2) is 6.30. The molecule has 1 aromatic heterocycles. The third kappa shape index (κ3) is 3.26. The van der Waals surface area contributed by atoms with Crippen molar-refractivity contribution in [2.24, 2.45) is 0 Å². The summed E-state index contributed by atoms with van der Waals surface area (Å²) in [4.78, 5) is 8.57. The number of nitrogens with zero attached hydrogens (tertiary/aromatic N) is 2. The zero-order valence-corrected chi connectivity index (χ0v) is 13.4. The van der Waals surface area contributed by atoms with Gasteiger partial charge in [-0.25, -0.2) is 4.98 Å². The zero-order valence-electron chi connectivity index (χ0n) is 11.8. The molecule has 1 aliphatic rings. The lowest BCUT2D eigenvalue weighted by atomic mass is 10.1. The quantitative estimate of drug-likeness (QED) is 0.868. The van der Waals surface area contributed by atoms with Crippen molar-refractivity contribution in [2.75, 3.05) is 23.8 Å². The van der Waals surface area contributed by atoms with E-state index >= 15 is 0 Å². The second-order valence-electron chi connectivity index (χ2n) is 4.80. The van der Waals surface area contributed by atoms with Crippen LogP contribution in [0.15, 0.2) is 28.9 Å². The molecule has 0 spiro atoms. The molecule has 3 rings (SSSR count). The van der Waals surface area contributed by atoms with Gasteiger partial charge in [0.1, 0.15) is 11.6 Å². The van der Waals surface area contributed by atoms with Crippen LogP contribution in [0.5, 0.6) is 5.75 Å². The predicted octanol–water partition coefficient (Wildman–Crippen LogP) is 3.22. The predicted molar refractivity (Wildman–Crippen MR) is 86.9 cm³/mol. The van der Waals surface area contributed by atoms with Crippen LogP contribution in [0, 0.1) is 0 Å². The molecule has 0 saturated carbocycles. The molecule has 6 heteroatoms. The molecule has 5 nitrogen and oxygen atoms in total. The summed E-state index contributed by atoms with van der Waals surface area (Å²) < 4.78 is 6.81. The summed E-state index contributed by atoms with van der Waals surface area (Å²) >= 11 is 3.56. The first-order chi connectivity index (χ1) is 10.3. The Morgan fingerprint density at radius 3 is 3.10 bits per heavy atom. The Morgan fingerprint density at radius 1 is 1.33 bits per heavy atom. The summed E-state index contributed by atoms with van der Waals surface area (Å²) in [6.07, 6.45) is 2.72. The van der Waals surface area contributed by atoms with Gasteiger partial charge in [-0.1, -0.05) is 15.9 Å². The van der Waals surface area contributed by atoms with Crippen LogP contribution >= 0.6 is 15.9 Å². The summed E-state index contributed by atoms with van der Waals surface area (Å²) in [5.74, 6) is 2.44. The molecule has 0 radical (unpaired) electrons. The lowest BCUT2D eigenvalue weighted by molar-refractivity contribution is 0.354. The van der Waals surface area contributed by atoms with E-state index in [1.807, 2.05) is 13.0 Å². The molecule has 0 saturated heterocycles. The first-order valence-corrected chi connectivity index (χ1v) is 7.80. The van der Waals surface area contributed by atoms with E-state index in [4.69, 9.17) is 4.74 Å². The van der Waals surface area contributed by atoms with Gasteiger partial charge in [-0.3, -0.25) is 0 Å². The highest BCUT2D eigenvalue weighted by Gasteiger charge is 2.17. The van der Waals surface area contributed by atoms with Crippen LogP contribution in [0.3, 0.4) is 0 Å². The van der Waals surface area contributed by atoms with Crippen molar-refractivity contribution in [1.29, 1.82) is 0 Å². The van der Waals surface area contributed by atoms with Crippen molar-refractivity contribution in [3.05, 3.63) is 40.0 Å². The fraction of sp³-hybridized carbons (Fsp3) is 0.333. The molecule has 0 fully saturated rings. The van der Waals surface area contributed by atoms with E-state index in [-0.39, 0.29) is 0 Å². The van der Waals surface area contributed by atoms with Crippen molar-refractivity contribution >= 4 is 27.7 Å². The van der Waals surface area contributed by atoms with Gasteiger partial charge in [0.05, 0.1) is 6.61 Å². The Bertz CT molecular complexity index is 648. The number of rotatable bonds is 5. The summed E-state index contributed by atoms with van der Waals surface area (Å²) in [6.45, 7) is 4.25. The minimum absolute atomic E-state index is 0.637. The maximum atomic E-state index is 5.73. The van der Waals surface area contributed by atoms with Crippen LogP contribution in [-0.4, -0.2) is 23.1 Å². The number of aromatic nitrogens is 2. The van der Waals surface area contributed by atoms with E-state index in [1.165, 1.54) is 5.56 Å². The molecule has 0 unspecified atom stereocenters. The summed E-state index contributed by atoms with van der Waals surface area (Å²) in [5.41, 5.74) is 2.40. The third-order valence-electron chi connectivity index (χ3n) is 3.28. The maximum absolute atomic E-state index is 5.73. The topological polar surface area (TPSA) is 59.1 Å². The molecule has 2 aromatic rings. The van der Waals surface area contributed by atoms with Gasteiger partial charge in [-0.2, -0.15) is 4.98 Å². The minimum Gasteiger partial charge on any atom is -0.493 e. The molecular formula is C15H17BrN4O. The first-order valence-electron chi connectivity index (χ1n) is 7.01. The number of ether oxygens (including phenoxy) is 1. The van der Waals surface area contributed by atoms with Crippen molar-refractivity contribution in [1.82, 2.24) is 9.97 Å². The molecule has 1 aliphatic heterocycles. The van der Waals surface area contributed by atoms with Crippen LogP contribution in [0.25, 0.3) is 0 Å². The lowest BCUT2D eigenvalue weighted by Gasteiger charge is -2.11. The van der Waals surface area contributed by atoms with Gasteiger partial charge in [0.25, 0.3) is 0 Å².